The first-order valence-electron chi connectivity index (χ1n) is 5.14. The number of hydrogen-bond acceptors (Lipinski definition) is 2. The lowest BCUT2D eigenvalue weighted by Crippen LogP contribution is -2.40. The molecule has 1 fully saturated rings. The van der Waals surface area contributed by atoms with Crippen molar-refractivity contribution in [2.24, 2.45) is 0 Å². The maximum absolute atomic E-state index is 11.5. The van der Waals surface area contributed by atoms with Crippen molar-refractivity contribution < 1.29 is 4.79 Å². The van der Waals surface area contributed by atoms with Crippen LogP contribution in [-0.2, 0) is 11.2 Å². The molecular formula is C11H13BrN2O. The quantitative estimate of drug-likeness (QED) is 0.912. The zero-order valence-electron chi connectivity index (χ0n) is 8.37. The number of carbonyl (C=O) groups is 1. The van der Waals surface area contributed by atoms with Gasteiger partial charge in [0.15, 0.2) is 0 Å². The van der Waals surface area contributed by atoms with Crippen LogP contribution in [0.3, 0.4) is 0 Å². The largest absolute Gasteiger partial charge is 0.353 e. The second kappa shape index (κ2) is 4.75. The topological polar surface area (TPSA) is 42.0 Å². The van der Waals surface area contributed by atoms with E-state index in [1.54, 1.807) is 6.20 Å². The molecule has 1 aromatic heterocycles. The predicted octanol–water partition coefficient (Wildman–Crippen LogP) is 2.06. The molecule has 1 heterocycles. The maximum atomic E-state index is 11.5. The Bertz CT molecular complexity index is 346. The van der Waals surface area contributed by atoms with Gasteiger partial charge < -0.3 is 5.32 Å². The van der Waals surface area contributed by atoms with Crippen LogP contribution in [-0.4, -0.2) is 16.9 Å². The monoisotopic (exact) mass is 268 g/mol. The molecule has 0 bridgehead atoms. The highest BCUT2D eigenvalue weighted by molar-refractivity contribution is 9.10. The summed E-state index contributed by atoms with van der Waals surface area (Å²) < 4.78 is 0.936. The van der Waals surface area contributed by atoms with E-state index < -0.39 is 0 Å². The molecule has 0 unspecified atom stereocenters. The fourth-order valence-electron chi connectivity index (χ4n) is 1.51. The zero-order chi connectivity index (χ0) is 10.7. The number of aromatic nitrogens is 1. The van der Waals surface area contributed by atoms with E-state index in [0.29, 0.717) is 12.5 Å². The van der Waals surface area contributed by atoms with Gasteiger partial charge in [0, 0.05) is 22.4 Å². The average molecular weight is 269 g/mol. The molecule has 0 spiro atoms. The van der Waals surface area contributed by atoms with Crippen molar-refractivity contribution in [3.8, 4) is 0 Å². The molecule has 2 rings (SSSR count). The van der Waals surface area contributed by atoms with E-state index in [4.69, 9.17) is 0 Å². The number of amides is 1. The normalized spacial score (nSPS) is 15.8. The highest BCUT2D eigenvalue weighted by atomic mass is 79.9. The van der Waals surface area contributed by atoms with Crippen LogP contribution >= 0.6 is 15.9 Å². The van der Waals surface area contributed by atoms with Gasteiger partial charge in [-0.25, -0.2) is 0 Å². The molecule has 4 heteroatoms. The Balaban J connectivity index is 1.84. The molecule has 0 aromatic carbocycles. The number of rotatable bonds is 3. The predicted molar refractivity (Wildman–Crippen MR) is 61.4 cm³/mol. The molecule has 1 aromatic rings. The van der Waals surface area contributed by atoms with Crippen molar-refractivity contribution in [3.63, 3.8) is 0 Å². The van der Waals surface area contributed by atoms with Gasteiger partial charge in [0.25, 0.3) is 0 Å². The van der Waals surface area contributed by atoms with E-state index in [0.717, 1.165) is 23.0 Å². The van der Waals surface area contributed by atoms with Crippen molar-refractivity contribution in [1.82, 2.24) is 10.3 Å². The summed E-state index contributed by atoms with van der Waals surface area (Å²) in [5.74, 6) is 0.0783. The number of nitrogens with one attached hydrogen (secondary N) is 1. The Morgan fingerprint density at radius 2 is 2.33 bits per heavy atom. The molecule has 1 saturated carbocycles. The standard InChI is InChI=1S/C11H13BrN2O/c12-8-4-5-10(13-7-8)6-11(15)14-9-2-1-3-9/h4-5,7,9H,1-3,6H2,(H,14,15). The lowest BCUT2D eigenvalue weighted by molar-refractivity contribution is -0.121. The van der Waals surface area contributed by atoms with Crippen LogP contribution in [0, 0.1) is 0 Å². The first-order valence-corrected chi connectivity index (χ1v) is 5.93. The van der Waals surface area contributed by atoms with Crippen molar-refractivity contribution >= 4 is 21.8 Å². The van der Waals surface area contributed by atoms with E-state index in [2.05, 4.69) is 26.2 Å². The van der Waals surface area contributed by atoms with Gasteiger partial charge in [-0.15, -0.1) is 0 Å². The third-order valence-electron chi connectivity index (χ3n) is 2.60. The molecule has 80 valence electrons. The summed E-state index contributed by atoms with van der Waals surface area (Å²) in [6, 6.07) is 4.18. The van der Waals surface area contributed by atoms with Gasteiger partial charge in [-0.1, -0.05) is 0 Å². The van der Waals surface area contributed by atoms with Crippen LogP contribution in [0.15, 0.2) is 22.8 Å². The third-order valence-corrected chi connectivity index (χ3v) is 3.07. The minimum Gasteiger partial charge on any atom is -0.353 e. The summed E-state index contributed by atoms with van der Waals surface area (Å²) >= 11 is 3.31. The minimum absolute atomic E-state index is 0.0783. The Labute approximate surface area is 97.4 Å². The van der Waals surface area contributed by atoms with E-state index in [9.17, 15) is 4.79 Å². The number of halogens is 1. The number of nitrogens with zero attached hydrogens (tertiary/aromatic N) is 1. The summed E-state index contributed by atoms with van der Waals surface area (Å²) in [7, 11) is 0. The Kier molecular flexibility index (Phi) is 3.36. The highest BCUT2D eigenvalue weighted by Gasteiger charge is 2.19. The summed E-state index contributed by atoms with van der Waals surface area (Å²) in [5.41, 5.74) is 0.815. The molecule has 1 N–H and O–H groups in total. The molecular weight excluding hydrogens is 256 g/mol. The summed E-state index contributed by atoms with van der Waals surface area (Å²) in [6.45, 7) is 0. The van der Waals surface area contributed by atoms with Crippen LogP contribution in [0.2, 0.25) is 0 Å². The number of pyridine rings is 1. The number of hydrogen-bond donors (Lipinski definition) is 1. The van der Waals surface area contributed by atoms with E-state index in [-0.39, 0.29) is 5.91 Å². The van der Waals surface area contributed by atoms with Gasteiger partial charge in [-0.2, -0.15) is 0 Å². The molecule has 1 aliphatic carbocycles. The first kappa shape index (κ1) is 10.6. The SMILES string of the molecule is O=C(Cc1ccc(Br)cn1)NC1CCC1. The maximum Gasteiger partial charge on any atom is 0.226 e. The van der Waals surface area contributed by atoms with Gasteiger partial charge in [0.2, 0.25) is 5.91 Å². The second-order valence-corrected chi connectivity index (χ2v) is 4.76. The fourth-order valence-corrected chi connectivity index (χ4v) is 1.74. The Hall–Kier alpha value is -0.900. The van der Waals surface area contributed by atoms with Crippen LogP contribution in [0.25, 0.3) is 0 Å². The van der Waals surface area contributed by atoms with E-state index in [1.165, 1.54) is 6.42 Å². The van der Waals surface area contributed by atoms with Gasteiger partial charge >= 0.3 is 0 Å². The summed E-state index contributed by atoms with van der Waals surface area (Å²) in [6.07, 6.45) is 5.58. The number of carbonyl (C=O) groups excluding carboxylic acids is 1. The van der Waals surface area contributed by atoms with Crippen LogP contribution in [0.4, 0.5) is 0 Å². The van der Waals surface area contributed by atoms with Crippen LogP contribution in [0.1, 0.15) is 25.0 Å². The van der Waals surface area contributed by atoms with Gasteiger partial charge in [-0.05, 0) is 47.3 Å². The summed E-state index contributed by atoms with van der Waals surface area (Å²) in [5, 5.41) is 2.99. The molecule has 15 heavy (non-hydrogen) atoms. The molecule has 0 radical (unpaired) electrons. The van der Waals surface area contributed by atoms with Crippen LogP contribution in [0.5, 0.6) is 0 Å². The Morgan fingerprint density at radius 3 is 2.87 bits per heavy atom. The lowest BCUT2D eigenvalue weighted by atomic mass is 9.93. The third kappa shape index (κ3) is 3.02. The molecule has 0 aliphatic heterocycles. The van der Waals surface area contributed by atoms with Crippen molar-refractivity contribution in [2.75, 3.05) is 0 Å². The molecule has 1 amide bonds. The van der Waals surface area contributed by atoms with Gasteiger partial charge in [-0.3, -0.25) is 9.78 Å². The van der Waals surface area contributed by atoms with Gasteiger partial charge in [0.05, 0.1) is 6.42 Å². The molecule has 0 atom stereocenters. The van der Waals surface area contributed by atoms with Gasteiger partial charge in [0.1, 0.15) is 0 Å². The molecule has 0 saturated heterocycles. The molecule has 3 nitrogen and oxygen atoms in total. The van der Waals surface area contributed by atoms with Crippen molar-refractivity contribution in [3.05, 3.63) is 28.5 Å². The van der Waals surface area contributed by atoms with Crippen molar-refractivity contribution in [1.29, 1.82) is 0 Å². The van der Waals surface area contributed by atoms with Crippen LogP contribution < -0.4 is 5.32 Å². The minimum atomic E-state index is 0.0783. The van der Waals surface area contributed by atoms with Crippen molar-refractivity contribution in [2.45, 2.75) is 31.7 Å². The highest BCUT2D eigenvalue weighted by Crippen LogP contribution is 2.18. The Morgan fingerprint density at radius 1 is 1.53 bits per heavy atom. The van der Waals surface area contributed by atoms with E-state index in [1.807, 2.05) is 12.1 Å². The zero-order valence-corrected chi connectivity index (χ0v) is 9.96. The molecule has 1 aliphatic rings. The average Bonchev–Trinajstić information content (AvgIpc) is 2.16. The smallest absolute Gasteiger partial charge is 0.226 e. The lowest BCUT2D eigenvalue weighted by Gasteiger charge is -2.26. The fraction of sp³-hybridized carbons (Fsp3) is 0.455. The summed E-state index contributed by atoms with van der Waals surface area (Å²) in [4.78, 5) is 15.7. The first-order chi connectivity index (χ1) is 7.24. The van der Waals surface area contributed by atoms with E-state index >= 15 is 0 Å². The second-order valence-electron chi connectivity index (χ2n) is 3.84.